The number of ether oxygens (including phenoxy) is 2. The minimum absolute atomic E-state index is 0.0725. The molecule has 1 amide bonds. The summed E-state index contributed by atoms with van der Waals surface area (Å²) in [6, 6.07) is 13.6. The van der Waals surface area contributed by atoms with Gasteiger partial charge in [0.1, 0.15) is 5.75 Å². The van der Waals surface area contributed by atoms with Gasteiger partial charge in [0.05, 0.1) is 7.11 Å². The van der Waals surface area contributed by atoms with Crippen LogP contribution in [0.1, 0.15) is 36.2 Å². The van der Waals surface area contributed by atoms with E-state index in [4.69, 9.17) is 9.47 Å². The topological polar surface area (TPSA) is 81.7 Å². The monoisotopic (exact) mass is 395 g/mol. The average Bonchev–Trinajstić information content (AvgIpc) is 2.70. The third-order valence-corrected chi connectivity index (χ3v) is 3.96. The summed E-state index contributed by atoms with van der Waals surface area (Å²) in [7, 11) is 1.58. The van der Waals surface area contributed by atoms with Gasteiger partial charge in [-0.3, -0.25) is 9.59 Å². The summed E-state index contributed by atoms with van der Waals surface area (Å²) in [6.45, 7) is 3.58. The predicted octanol–water partition coefficient (Wildman–Crippen LogP) is 4.12. The molecule has 1 N–H and O–H groups in total. The molecule has 0 spiro atoms. The normalized spacial score (nSPS) is 10.8. The minimum Gasteiger partial charge on any atom is -0.497 e. The number of rotatable bonds is 9. The van der Waals surface area contributed by atoms with E-state index in [0.29, 0.717) is 17.7 Å². The fourth-order valence-electron chi connectivity index (χ4n) is 2.47. The molecule has 0 radical (unpaired) electrons. The number of carbonyl (C=O) groups excluding carboxylic acids is 3. The van der Waals surface area contributed by atoms with Crippen LogP contribution >= 0.6 is 0 Å². The molecule has 152 valence electrons. The SMILES string of the molecule is COc1ccc(/C=C/C(=O)OCC(=O)c2ccc(NC(=O)CC(C)C)cc2)cc1. The first kappa shape index (κ1) is 21.9. The van der Waals surface area contributed by atoms with Crippen LogP contribution in [0.5, 0.6) is 5.75 Å². The Morgan fingerprint density at radius 1 is 1.00 bits per heavy atom. The first-order valence-corrected chi connectivity index (χ1v) is 9.29. The van der Waals surface area contributed by atoms with E-state index in [-0.39, 0.29) is 24.2 Å². The van der Waals surface area contributed by atoms with E-state index in [0.717, 1.165) is 11.3 Å². The molecule has 0 aliphatic carbocycles. The van der Waals surface area contributed by atoms with E-state index in [2.05, 4.69) is 5.32 Å². The van der Waals surface area contributed by atoms with Crippen LogP contribution < -0.4 is 10.1 Å². The van der Waals surface area contributed by atoms with Crippen molar-refractivity contribution in [2.24, 2.45) is 5.92 Å². The Bertz CT molecular complexity index is 867. The van der Waals surface area contributed by atoms with E-state index in [1.165, 1.54) is 6.08 Å². The fourth-order valence-corrected chi connectivity index (χ4v) is 2.47. The molecule has 6 nitrogen and oxygen atoms in total. The molecule has 0 aliphatic heterocycles. The van der Waals surface area contributed by atoms with Crippen molar-refractivity contribution in [3.63, 3.8) is 0 Å². The minimum atomic E-state index is -0.605. The number of carbonyl (C=O) groups is 3. The third kappa shape index (κ3) is 7.62. The van der Waals surface area contributed by atoms with Crippen LogP contribution in [0.4, 0.5) is 5.69 Å². The van der Waals surface area contributed by atoms with Crippen molar-refractivity contribution in [3.05, 3.63) is 65.7 Å². The summed E-state index contributed by atoms with van der Waals surface area (Å²) in [6.07, 6.45) is 3.30. The summed E-state index contributed by atoms with van der Waals surface area (Å²) in [5.41, 5.74) is 1.83. The number of hydrogen-bond donors (Lipinski definition) is 1. The van der Waals surface area contributed by atoms with Gasteiger partial charge in [-0.05, 0) is 54.0 Å². The summed E-state index contributed by atoms with van der Waals surface area (Å²) >= 11 is 0. The van der Waals surface area contributed by atoms with Gasteiger partial charge in [-0.2, -0.15) is 0 Å². The van der Waals surface area contributed by atoms with Crippen molar-refractivity contribution in [2.45, 2.75) is 20.3 Å². The summed E-state index contributed by atoms with van der Waals surface area (Å²) < 4.78 is 10.1. The smallest absolute Gasteiger partial charge is 0.331 e. The van der Waals surface area contributed by atoms with E-state index in [9.17, 15) is 14.4 Å². The zero-order chi connectivity index (χ0) is 21.2. The lowest BCUT2D eigenvalue weighted by atomic mass is 10.1. The molecule has 29 heavy (non-hydrogen) atoms. The van der Waals surface area contributed by atoms with Crippen LogP contribution in [0.3, 0.4) is 0 Å². The summed E-state index contributed by atoms with van der Waals surface area (Å²) in [5.74, 6) is -0.00946. The number of benzene rings is 2. The maximum atomic E-state index is 12.2. The highest BCUT2D eigenvalue weighted by atomic mass is 16.5. The number of ketones is 1. The number of esters is 1. The van der Waals surface area contributed by atoms with E-state index >= 15 is 0 Å². The van der Waals surface area contributed by atoms with Gasteiger partial charge in [0.15, 0.2) is 12.4 Å². The van der Waals surface area contributed by atoms with E-state index in [1.54, 1.807) is 61.7 Å². The van der Waals surface area contributed by atoms with Gasteiger partial charge >= 0.3 is 5.97 Å². The first-order chi connectivity index (χ1) is 13.9. The maximum absolute atomic E-state index is 12.2. The predicted molar refractivity (Wildman–Crippen MR) is 112 cm³/mol. The Morgan fingerprint density at radius 2 is 1.66 bits per heavy atom. The molecular weight excluding hydrogens is 370 g/mol. The lowest BCUT2D eigenvalue weighted by Gasteiger charge is -2.08. The summed E-state index contributed by atoms with van der Waals surface area (Å²) in [5, 5.41) is 2.78. The highest BCUT2D eigenvalue weighted by Crippen LogP contribution is 2.13. The van der Waals surface area contributed by atoms with Gasteiger partial charge in [-0.25, -0.2) is 4.79 Å². The molecule has 2 rings (SSSR count). The quantitative estimate of drug-likeness (QED) is 0.392. The molecule has 0 atom stereocenters. The Balaban J connectivity index is 1.82. The standard InChI is InChI=1S/C23H25NO5/c1-16(2)14-22(26)24-19-9-7-18(8-10-19)21(25)15-29-23(27)13-6-17-4-11-20(28-3)12-5-17/h4-13,16H,14-15H2,1-3H3,(H,24,26)/b13-6+. The second-order valence-electron chi connectivity index (χ2n) is 6.86. The van der Waals surface area contributed by atoms with E-state index in [1.807, 2.05) is 13.8 Å². The Labute approximate surface area is 170 Å². The van der Waals surface area contributed by atoms with Crippen molar-refractivity contribution in [1.29, 1.82) is 0 Å². The molecule has 0 saturated heterocycles. The van der Waals surface area contributed by atoms with Gasteiger partial charge in [0.2, 0.25) is 5.91 Å². The van der Waals surface area contributed by atoms with Gasteiger partial charge in [0.25, 0.3) is 0 Å². The van der Waals surface area contributed by atoms with Gasteiger partial charge in [-0.1, -0.05) is 26.0 Å². The number of anilines is 1. The lowest BCUT2D eigenvalue weighted by molar-refractivity contribution is -0.136. The van der Waals surface area contributed by atoms with Crippen LogP contribution in [0.2, 0.25) is 0 Å². The molecule has 2 aromatic carbocycles. The van der Waals surface area contributed by atoms with Crippen LogP contribution in [-0.2, 0) is 14.3 Å². The zero-order valence-electron chi connectivity index (χ0n) is 16.8. The zero-order valence-corrected chi connectivity index (χ0v) is 16.8. The summed E-state index contributed by atoms with van der Waals surface area (Å²) in [4.78, 5) is 35.7. The third-order valence-electron chi connectivity index (χ3n) is 3.96. The van der Waals surface area contributed by atoms with Gasteiger partial charge < -0.3 is 14.8 Å². The number of Topliss-reactive ketones (excluding diaryl/α,β-unsaturated/α-hetero) is 1. The maximum Gasteiger partial charge on any atom is 0.331 e. The van der Waals surface area contributed by atoms with Crippen molar-refractivity contribution < 1.29 is 23.9 Å². The molecule has 0 saturated carbocycles. The molecule has 0 heterocycles. The van der Waals surface area contributed by atoms with Gasteiger partial charge in [0, 0.05) is 23.7 Å². The number of hydrogen-bond acceptors (Lipinski definition) is 5. The highest BCUT2D eigenvalue weighted by molar-refractivity contribution is 5.99. The lowest BCUT2D eigenvalue weighted by Crippen LogP contribution is -2.14. The molecule has 0 aliphatic rings. The molecule has 2 aromatic rings. The van der Waals surface area contributed by atoms with Crippen molar-refractivity contribution >= 4 is 29.4 Å². The van der Waals surface area contributed by atoms with Crippen molar-refractivity contribution in [2.75, 3.05) is 19.0 Å². The Kier molecular flexibility index (Phi) is 8.15. The van der Waals surface area contributed by atoms with Crippen LogP contribution in [0, 0.1) is 5.92 Å². The van der Waals surface area contributed by atoms with Crippen LogP contribution in [0.15, 0.2) is 54.6 Å². The molecule has 0 unspecified atom stereocenters. The van der Waals surface area contributed by atoms with Crippen molar-refractivity contribution in [3.8, 4) is 5.75 Å². The number of nitrogens with one attached hydrogen (secondary N) is 1. The molecule has 6 heteroatoms. The molecular formula is C23H25NO5. The van der Waals surface area contributed by atoms with E-state index < -0.39 is 5.97 Å². The highest BCUT2D eigenvalue weighted by Gasteiger charge is 2.10. The van der Waals surface area contributed by atoms with Gasteiger partial charge in [-0.15, -0.1) is 0 Å². The van der Waals surface area contributed by atoms with Crippen LogP contribution in [0.25, 0.3) is 6.08 Å². The Hall–Kier alpha value is -3.41. The fraction of sp³-hybridized carbons (Fsp3) is 0.261. The first-order valence-electron chi connectivity index (χ1n) is 9.29. The molecule has 0 aromatic heterocycles. The molecule has 0 fully saturated rings. The number of methoxy groups -OCH3 is 1. The van der Waals surface area contributed by atoms with Crippen LogP contribution in [-0.4, -0.2) is 31.4 Å². The second kappa shape index (κ2) is 10.8. The average molecular weight is 395 g/mol. The van der Waals surface area contributed by atoms with Crippen molar-refractivity contribution in [1.82, 2.24) is 0 Å². The largest absolute Gasteiger partial charge is 0.497 e. The Morgan fingerprint density at radius 3 is 2.24 bits per heavy atom. The second-order valence-corrected chi connectivity index (χ2v) is 6.86. The molecule has 0 bridgehead atoms. The number of amides is 1.